The number of carbonyl (C=O) groups excluding carboxylic acids is 2. The summed E-state index contributed by atoms with van der Waals surface area (Å²) in [5.41, 5.74) is 0. The summed E-state index contributed by atoms with van der Waals surface area (Å²) in [5, 5.41) is 9.73. The van der Waals surface area contributed by atoms with Crippen molar-refractivity contribution in [3.8, 4) is 0 Å². The molecule has 9 nitrogen and oxygen atoms in total. The smallest absolute Gasteiger partial charge is 0.361 e. The predicted octanol–water partition coefficient (Wildman–Crippen LogP) is 19.8. The van der Waals surface area contributed by atoms with E-state index in [0.29, 0.717) is 17.4 Å². The Bertz CT molecular complexity index is 1400. The standard InChI is InChI=1S/C68H125NO8/c1-6-8-10-12-14-16-18-20-22-24-26-28-30-31-32-33-34-35-37-39-41-43-45-47-49-51-53-55-57-59-66(71)77-64(63-76-68(67(72)73)74-61-60-69(3,4)5)62-75-65(70)58-56-54-52-50-48-46-44-42-40-38-36-29-27-25-23-21-19-17-15-13-11-9-7-2/h18-21,24-27,64,68H,6-17,22-23,28-63H2,1-5H3/p+1/b20-18-,21-19-,26-24-,27-25-. The number of ether oxygens (including phenoxy) is 4. The highest BCUT2D eigenvalue weighted by Crippen LogP contribution is 2.17. The lowest BCUT2D eigenvalue weighted by Gasteiger charge is -2.25. The first-order valence-corrected chi connectivity index (χ1v) is 32.8. The number of rotatable bonds is 61. The minimum absolute atomic E-state index is 0.181. The Morgan fingerprint density at radius 3 is 1.03 bits per heavy atom. The van der Waals surface area contributed by atoms with E-state index in [1.807, 2.05) is 21.1 Å². The molecule has 0 rings (SSSR count). The molecule has 0 fully saturated rings. The number of carboxylic acids is 1. The van der Waals surface area contributed by atoms with Gasteiger partial charge in [-0.1, -0.05) is 268 Å². The number of nitrogens with zero attached hydrogens (tertiary/aromatic N) is 1. The second-order valence-electron chi connectivity index (χ2n) is 23.4. The molecule has 2 unspecified atom stereocenters. The van der Waals surface area contributed by atoms with Gasteiger partial charge in [-0.15, -0.1) is 0 Å². The van der Waals surface area contributed by atoms with Gasteiger partial charge in [-0.3, -0.25) is 9.59 Å². The Balaban J connectivity index is 4.14. The third kappa shape index (κ3) is 60.7. The largest absolute Gasteiger partial charge is 0.477 e. The summed E-state index contributed by atoms with van der Waals surface area (Å²) in [6.07, 6.45) is 72.0. The maximum absolute atomic E-state index is 12.9. The highest BCUT2D eigenvalue weighted by atomic mass is 16.7. The first-order chi connectivity index (χ1) is 37.6. The molecule has 0 bridgehead atoms. The molecule has 0 aromatic rings. The molecule has 0 aliphatic heterocycles. The van der Waals surface area contributed by atoms with Crippen molar-refractivity contribution in [1.29, 1.82) is 0 Å². The Kier molecular flexibility index (Phi) is 57.3. The summed E-state index contributed by atoms with van der Waals surface area (Å²) in [5.74, 6) is -1.99. The van der Waals surface area contributed by atoms with Crippen molar-refractivity contribution in [2.45, 2.75) is 322 Å². The average Bonchev–Trinajstić information content (AvgIpc) is 3.40. The number of hydrogen-bond donors (Lipinski definition) is 1. The molecule has 0 amide bonds. The van der Waals surface area contributed by atoms with Crippen molar-refractivity contribution in [3.63, 3.8) is 0 Å². The lowest BCUT2D eigenvalue weighted by molar-refractivity contribution is -0.870. The van der Waals surface area contributed by atoms with Crippen LogP contribution in [-0.2, 0) is 33.3 Å². The molecule has 2 atom stereocenters. The molecule has 0 aliphatic rings. The van der Waals surface area contributed by atoms with E-state index < -0.39 is 24.3 Å². The summed E-state index contributed by atoms with van der Waals surface area (Å²) < 4.78 is 23.0. The van der Waals surface area contributed by atoms with Crippen molar-refractivity contribution in [3.05, 3.63) is 48.6 Å². The third-order valence-corrected chi connectivity index (χ3v) is 14.6. The van der Waals surface area contributed by atoms with E-state index in [2.05, 4.69) is 62.5 Å². The minimum atomic E-state index is -1.51. The molecule has 0 saturated carbocycles. The molecule has 9 heteroatoms. The molecule has 0 aromatic carbocycles. The van der Waals surface area contributed by atoms with E-state index in [9.17, 15) is 19.5 Å². The van der Waals surface area contributed by atoms with Gasteiger partial charge < -0.3 is 28.5 Å². The maximum Gasteiger partial charge on any atom is 0.361 e. The van der Waals surface area contributed by atoms with Gasteiger partial charge in [0.15, 0.2) is 6.10 Å². The molecule has 0 heterocycles. The van der Waals surface area contributed by atoms with Crippen molar-refractivity contribution in [2.24, 2.45) is 0 Å². The second kappa shape index (κ2) is 59.4. The lowest BCUT2D eigenvalue weighted by Crippen LogP contribution is -2.40. The van der Waals surface area contributed by atoms with E-state index in [0.717, 1.165) is 51.4 Å². The first kappa shape index (κ1) is 74.2. The number of hydrogen-bond acceptors (Lipinski definition) is 7. The second-order valence-corrected chi connectivity index (χ2v) is 23.4. The van der Waals surface area contributed by atoms with Gasteiger partial charge in [-0.05, 0) is 77.0 Å². The summed E-state index contributed by atoms with van der Waals surface area (Å²) in [7, 11) is 5.98. The van der Waals surface area contributed by atoms with Crippen molar-refractivity contribution in [1.82, 2.24) is 0 Å². The molecule has 0 aromatic heterocycles. The highest BCUT2D eigenvalue weighted by molar-refractivity contribution is 5.71. The predicted molar refractivity (Wildman–Crippen MR) is 327 cm³/mol. The third-order valence-electron chi connectivity index (χ3n) is 14.6. The normalized spacial score (nSPS) is 13.0. The van der Waals surface area contributed by atoms with Gasteiger partial charge in [0.25, 0.3) is 6.29 Å². The monoisotopic (exact) mass is 1080 g/mol. The van der Waals surface area contributed by atoms with Crippen molar-refractivity contribution in [2.75, 3.05) is 47.5 Å². The number of unbranched alkanes of at least 4 members (excludes halogenated alkanes) is 38. The zero-order valence-electron chi connectivity index (χ0n) is 51.4. The number of carboxylic acid groups (broad SMARTS) is 1. The molecule has 0 spiro atoms. The number of carbonyl (C=O) groups is 3. The molecule has 450 valence electrons. The summed E-state index contributed by atoms with van der Waals surface area (Å²) >= 11 is 0. The molecule has 1 N–H and O–H groups in total. The van der Waals surface area contributed by atoms with Crippen molar-refractivity contribution < 1.29 is 42.9 Å². The van der Waals surface area contributed by atoms with Gasteiger partial charge in [-0.25, -0.2) is 4.79 Å². The van der Waals surface area contributed by atoms with Crippen LogP contribution in [0.25, 0.3) is 0 Å². The van der Waals surface area contributed by atoms with Crippen LogP contribution in [0.3, 0.4) is 0 Å². The van der Waals surface area contributed by atoms with Gasteiger partial charge >= 0.3 is 17.9 Å². The summed E-state index contributed by atoms with van der Waals surface area (Å²) in [4.78, 5) is 37.5. The Hall–Kier alpha value is -2.75. The molecule has 77 heavy (non-hydrogen) atoms. The van der Waals surface area contributed by atoms with E-state index in [4.69, 9.17) is 18.9 Å². The Morgan fingerprint density at radius 1 is 0.390 bits per heavy atom. The number of quaternary nitrogens is 1. The van der Waals surface area contributed by atoms with Gasteiger partial charge in [0.1, 0.15) is 13.2 Å². The molecule has 0 radical (unpaired) electrons. The van der Waals surface area contributed by atoms with E-state index >= 15 is 0 Å². The molecule has 0 aliphatic carbocycles. The van der Waals surface area contributed by atoms with Crippen LogP contribution in [0.4, 0.5) is 0 Å². The topological polar surface area (TPSA) is 108 Å². The van der Waals surface area contributed by atoms with E-state index in [1.165, 1.54) is 231 Å². The fraction of sp³-hybridized carbons (Fsp3) is 0.838. The fourth-order valence-corrected chi connectivity index (χ4v) is 9.49. The van der Waals surface area contributed by atoms with Crippen LogP contribution in [-0.4, -0.2) is 87.4 Å². The average molecular weight is 1090 g/mol. The summed E-state index contributed by atoms with van der Waals surface area (Å²) in [6, 6.07) is 0. The van der Waals surface area contributed by atoms with Crippen LogP contribution in [0.15, 0.2) is 48.6 Å². The Labute approximate surface area is 476 Å². The van der Waals surface area contributed by atoms with Crippen LogP contribution < -0.4 is 0 Å². The van der Waals surface area contributed by atoms with Crippen LogP contribution in [0.5, 0.6) is 0 Å². The zero-order valence-corrected chi connectivity index (χ0v) is 51.4. The van der Waals surface area contributed by atoms with Gasteiger partial charge in [0.05, 0.1) is 34.4 Å². The van der Waals surface area contributed by atoms with Crippen LogP contribution >= 0.6 is 0 Å². The first-order valence-electron chi connectivity index (χ1n) is 32.8. The number of likely N-dealkylation sites (N-methyl/N-ethyl adjacent to an activating group) is 1. The number of allylic oxidation sites excluding steroid dienone is 8. The van der Waals surface area contributed by atoms with E-state index in [-0.39, 0.29) is 32.2 Å². The molecular weight excluding hydrogens is 959 g/mol. The van der Waals surface area contributed by atoms with Crippen LogP contribution in [0, 0.1) is 0 Å². The summed E-state index contributed by atoms with van der Waals surface area (Å²) in [6.45, 7) is 4.90. The molecule has 0 saturated heterocycles. The molecular formula is C68H126NO8+. The fourth-order valence-electron chi connectivity index (χ4n) is 9.49. The maximum atomic E-state index is 12.9. The SMILES string of the molecule is CCCCCCC/C=C\C/C=C\CCCCCCCCCCCCCCCCCCCC(=O)OC(COC(=O)CCCCCCCCCCCCC/C=C\C/C=C\CCCCCCC)COC(OCC[N+](C)(C)C)C(=O)O. The van der Waals surface area contributed by atoms with Gasteiger partial charge in [0.2, 0.25) is 0 Å². The number of esters is 2. The van der Waals surface area contributed by atoms with Crippen LogP contribution in [0.1, 0.15) is 309 Å². The quantitative estimate of drug-likeness (QED) is 0.0211. The zero-order chi connectivity index (χ0) is 56.2. The highest BCUT2D eigenvalue weighted by Gasteiger charge is 2.25. The number of aliphatic carboxylic acids is 1. The lowest BCUT2D eigenvalue weighted by atomic mass is 10.0. The van der Waals surface area contributed by atoms with Gasteiger partial charge in [-0.2, -0.15) is 0 Å². The van der Waals surface area contributed by atoms with Gasteiger partial charge in [0, 0.05) is 12.8 Å². The minimum Gasteiger partial charge on any atom is -0.477 e. The van der Waals surface area contributed by atoms with E-state index in [1.54, 1.807) is 0 Å². The van der Waals surface area contributed by atoms with Crippen molar-refractivity contribution >= 4 is 17.9 Å². The Morgan fingerprint density at radius 2 is 0.701 bits per heavy atom. The van der Waals surface area contributed by atoms with Crippen LogP contribution in [0.2, 0.25) is 0 Å².